The highest BCUT2D eigenvalue weighted by Crippen LogP contribution is 2.22. The number of pyridine rings is 1. The van der Waals surface area contributed by atoms with E-state index in [1.807, 2.05) is 0 Å². The van der Waals surface area contributed by atoms with E-state index in [4.69, 9.17) is 9.84 Å². The van der Waals surface area contributed by atoms with Gasteiger partial charge in [0.2, 0.25) is 5.88 Å². The number of carbonyl (C=O) groups excluding carboxylic acids is 1. The Hall–Kier alpha value is -2.36. The van der Waals surface area contributed by atoms with Crippen molar-refractivity contribution in [1.29, 1.82) is 0 Å². The van der Waals surface area contributed by atoms with Crippen LogP contribution in [0.4, 0.5) is 13.2 Å². The minimum absolute atomic E-state index is 0.0156. The van der Waals surface area contributed by atoms with Crippen LogP contribution in [0, 0.1) is 0 Å². The molecule has 0 radical (unpaired) electrons. The van der Waals surface area contributed by atoms with Crippen LogP contribution in [0.2, 0.25) is 0 Å². The molecule has 2 heterocycles. The normalized spacial score (nSPS) is 18.6. The van der Waals surface area contributed by atoms with E-state index in [1.165, 1.54) is 23.2 Å². The van der Waals surface area contributed by atoms with E-state index in [0.717, 1.165) is 0 Å². The number of alkyl halides is 3. The number of carboxylic acids is 1. The second-order valence-electron chi connectivity index (χ2n) is 4.71. The summed E-state index contributed by atoms with van der Waals surface area (Å²) in [6, 6.07) is 2.65. The summed E-state index contributed by atoms with van der Waals surface area (Å²) in [5.41, 5.74) is -0.164. The summed E-state index contributed by atoms with van der Waals surface area (Å²) in [5, 5.41) is 8.91. The fourth-order valence-corrected chi connectivity index (χ4v) is 1.97. The van der Waals surface area contributed by atoms with E-state index in [9.17, 15) is 22.8 Å². The molecule has 2 rings (SSSR count). The molecule has 1 atom stereocenters. The number of halogens is 3. The Morgan fingerprint density at radius 1 is 1.48 bits per heavy atom. The fourth-order valence-electron chi connectivity index (χ4n) is 1.97. The number of hydrogen-bond acceptors (Lipinski definition) is 5. The summed E-state index contributed by atoms with van der Waals surface area (Å²) in [6.45, 7) is -1.65. The molecule has 10 heteroatoms. The van der Waals surface area contributed by atoms with Gasteiger partial charge in [0.1, 0.15) is 5.56 Å². The Labute approximate surface area is 128 Å². The Morgan fingerprint density at radius 2 is 2.22 bits per heavy atom. The zero-order valence-corrected chi connectivity index (χ0v) is 11.7. The molecule has 7 nitrogen and oxygen atoms in total. The number of ether oxygens (including phenoxy) is 2. The van der Waals surface area contributed by atoms with Gasteiger partial charge in [-0.3, -0.25) is 4.79 Å². The van der Waals surface area contributed by atoms with Gasteiger partial charge in [-0.15, -0.1) is 0 Å². The molecular formula is C13H13F3N2O5. The predicted octanol–water partition coefficient (Wildman–Crippen LogP) is 0.948. The smallest absolute Gasteiger partial charge is 0.422 e. The monoisotopic (exact) mass is 334 g/mol. The van der Waals surface area contributed by atoms with Crippen LogP contribution in [-0.4, -0.2) is 65.5 Å². The molecule has 0 aromatic carbocycles. The third-order valence-electron chi connectivity index (χ3n) is 3.00. The van der Waals surface area contributed by atoms with E-state index in [2.05, 4.69) is 9.72 Å². The average molecular weight is 334 g/mol. The van der Waals surface area contributed by atoms with Gasteiger partial charge in [0, 0.05) is 12.7 Å². The van der Waals surface area contributed by atoms with Crippen molar-refractivity contribution in [3.8, 4) is 5.88 Å². The molecule has 126 valence electrons. The largest absolute Gasteiger partial charge is 0.479 e. The number of nitrogens with zero attached hydrogens (tertiary/aromatic N) is 2. The van der Waals surface area contributed by atoms with Crippen LogP contribution >= 0.6 is 0 Å². The summed E-state index contributed by atoms with van der Waals surface area (Å²) in [4.78, 5) is 28.1. The maximum atomic E-state index is 12.4. The molecule has 1 amide bonds. The number of morpholine rings is 1. The fraction of sp³-hybridized carbons (Fsp3) is 0.462. The molecule has 1 fully saturated rings. The number of amides is 1. The van der Waals surface area contributed by atoms with Crippen LogP contribution < -0.4 is 4.74 Å². The van der Waals surface area contributed by atoms with Crippen LogP contribution in [0.1, 0.15) is 10.4 Å². The van der Waals surface area contributed by atoms with Crippen LogP contribution in [0.15, 0.2) is 18.3 Å². The molecule has 1 aromatic heterocycles. The van der Waals surface area contributed by atoms with Gasteiger partial charge in [-0.25, -0.2) is 9.78 Å². The molecule has 1 N–H and O–H groups in total. The minimum Gasteiger partial charge on any atom is -0.479 e. The molecule has 1 unspecified atom stereocenters. The van der Waals surface area contributed by atoms with Gasteiger partial charge in [0.15, 0.2) is 12.7 Å². The minimum atomic E-state index is -4.56. The van der Waals surface area contributed by atoms with E-state index in [-0.39, 0.29) is 25.3 Å². The summed E-state index contributed by atoms with van der Waals surface area (Å²) in [5.74, 6) is -2.33. The number of carbonyl (C=O) groups is 2. The Kier molecular flexibility index (Phi) is 5.04. The SMILES string of the molecule is O=C(O)C1CN(C(=O)c2cccnc2OCC(F)(F)F)CCO1. The molecule has 0 saturated carbocycles. The first-order valence-corrected chi connectivity index (χ1v) is 6.56. The van der Waals surface area contributed by atoms with Crippen molar-refractivity contribution in [3.63, 3.8) is 0 Å². The summed E-state index contributed by atoms with van der Waals surface area (Å²) in [6.07, 6.45) is -4.54. The van der Waals surface area contributed by atoms with E-state index in [0.29, 0.717) is 0 Å². The Morgan fingerprint density at radius 3 is 2.87 bits per heavy atom. The van der Waals surface area contributed by atoms with E-state index < -0.39 is 36.6 Å². The number of carboxylic acid groups (broad SMARTS) is 1. The first-order chi connectivity index (χ1) is 10.8. The van der Waals surface area contributed by atoms with Gasteiger partial charge in [-0.1, -0.05) is 0 Å². The highest BCUT2D eigenvalue weighted by molar-refractivity contribution is 5.96. The van der Waals surface area contributed by atoms with E-state index >= 15 is 0 Å². The maximum absolute atomic E-state index is 12.4. The molecule has 1 aliphatic heterocycles. The summed E-state index contributed by atoms with van der Waals surface area (Å²) in [7, 11) is 0. The number of aliphatic carboxylic acids is 1. The third-order valence-corrected chi connectivity index (χ3v) is 3.00. The van der Waals surface area contributed by atoms with Gasteiger partial charge in [0.05, 0.1) is 13.2 Å². The summed E-state index contributed by atoms with van der Waals surface area (Å²) >= 11 is 0. The first-order valence-electron chi connectivity index (χ1n) is 6.56. The molecule has 23 heavy (non-hydrogen) atoms. The van der Waals surface area contributed by atoms with Crippen molar-refractivity contribution < 1.29 is 37.3 Å². The second-order valence-corrected chi connectivity index (χ2v) is 4.71. The van der Waals surface area contributed by atoms with Crippen molar-refractivity contribution in [2.45, 2.75) is 12.3 Å². The van der Waals surface area contributed by atoms with Crippen molar-refractivity contribution in [2.24, 2.45) is 0 Å². The van der Waals surface area contributed by atoms with E-state index in [1.54, 1.807) is 0 Å². The average Bonchev–Trinajstić information content (AvgIpc) is 2.52. The van der Waals surface area contributed by atoms with Crippen molar-refractivity contribution in [2.75, 3.05) is 26.3 Å². The zero-order valence-electron chi connectivity index (χ0n) is 11.7. The molecule has 0 spiro atoms. The molecule has 0 bridgehead atoms. The third kappa shape index (κ3) is 4.55. The Bertz CT molecular complexity index is 593. The molecule has 1 aromatic rings. The van der Waals surface area contributed by atoms with Crippen molar-refractivity contribution in [3.05, 3.63) is 23.9 Å². The lowest BCUT2D eigenvalue weighted by atomic mass is 10.2. The molecule has 1 saturated heterocycles. The van der Waals surface area contributed by atoms with Gasteiger partial charge in [0.25, 0.3) is 5.91 Å². The van der Waals surface area contributed by atoms with Gasteiger partial charge in [-0.2, -0.15) is 13.2 Å². The molecular weight excluding hydrogens is 321 g/mol. The van der Waals surface area contributed by atoms with Crippen LogP contribution in [0.3, 0.4) is 0 Å². The lowest BCUT2D eigenvalue weighted by Crippen LogP contribution is -2.48. The summed E-state index contributed by atoms with van der Waals surface area (Å²) < 4.78 is 46.3. The lowest BCUT2D eigenvalue weighted by molar-refractivity contribution is -0.155. The van der Waals surface area contributed by atoms with Crippen LogP contribution in [0.25, 0.3) is 0 Å². The number of hydrogen-bond donors (Lipinski definition) is 1. The number of rotatable bonds is 4. The molecule has 0 aliphatic carbocycles. The van der Waals surface area contributed by atoms with Gasteiger partial charge < -0.3 is 19.5 Å². The Balaban J connectivity index is 2.14. The zero-order chi connectivity index (χ0) is 17.0. The standard InChI is InChI=1S/C13H13F3N2O5/c14-13(15,16)7-23-10-8(2-1-3-17-10)11(19)18-4-5-22-9(6-18)12(20)21/h1-3,9H,4-7H2,(H,20,21). The first kappa shape index (κ1) is 17.0. The topological polar surface area (TPSA) is 89.0 Å². The number of aromatic nitrogens is 1. The van der Waals surface area contributed by atoms with Gasteiger partial charge >= 0.3 is 12.1 Å². The van der Waals surface area contributed by atoms with Crippen molar-refractivity contribution >= 4 is 11.9 Å². The maximum Gasteiger partial charge on any atom is 0.422 e. The quantitative estimate of drug-likeness (QED) is 0.882. The lowest BCUT2D eigenvalue weighted by Gasteiger charge is -2.31. The van der Waals surface area contributed by atoms with Crippen LogP contribution in [-0.2, 0) is 9.53 Å². The molecule has 1 aliphatic rings. The highest BCUT2D eigenvalue weighted by Gasteiger charge is 2.32. The van der Waals surface area contributed by atoms with Crippen molar-refractivity contribution in [1.82, 2.24) is 9.88 Å². The van der Waals surface area contributed by atoms with Gasteiger partial charge in [-0.05, 0) is 12.1 Å². The van der Waals surface area contributed by atoms with Crippen LogP contribution in [0.5, 0.6) is 5.88 Å². The second kappa shape index (κ2) is 6.82. The predicted molar refractivity (Wildman–Crippen MR) is 69.1 cm³/mol. The highest BCUT2D eigenvalue weighted by atomic mass is 19.4.